The first-order valence-corrected chi connectivity index (χ1v) is 4.78. The highest BCUT2D eigenvalue weighted by Crippen LogP contribution is 1.84. The van der Waals surface area contributed by atoms with Gasteiger partial charge in [-0.2, -0.15) is 9.78 Å². The number of hydrogen-bond acceptors (Lipinski definition) is 5. The Labute approximate surface area is 90.1 Å². The molecule has 0 spiro atoms. The molecular weight excluding hydrogens is 200 g/mol. The average molecular weight is 218 g/mol. The van der Waals surface area contributed by atoms with Crippen molar-refractivity contribution in [1.29, 1.82) is 0 Å². The zero-order valence-electron chi connectivity index (χ0n) is 9.18. The molecule has 5 nitrogen and oxygen atoms in total. The predicted octanol–water partition coefficient (Wildman–Crippen LogP) is 1.97. The van der Waals surface area contributed by atoms with Gasteiger partial charge >= 0.3 is 0 Å². The van der Waals surface area contributed by atoms with Crippen molar-refractivity contribution in [1.82, 2.24) is 0 Å². The van der Waals surface area contributed by atoms with E-state index in [1.807, 2.05) is 13.8 Å². The molecule has 0 heterocycles. The van der Waals surface area contributed by atoms with Gasteiger partial charge in [-0.05, 0) is 26.0 Å². The molecular formula is C10H18O5. The Kier molecular flexibility index (Phi) is 12.1. The zero-order valence-corrected chi connectivity index (χ0v) is 9.18. The molecule has 0 aromatic rings. The van der Waals surface area contributed by atoms with Crippen molar-refractivity contribution in [2.45, 2.75) is 13.8 Å². The number of allylic oxidation sites excluding steroid dienone is 2. The van der Waals surface area contributed by atoms with Gasteiger partial charge in [0.1, 0.15) is 25.7 Å². The summed E-state index contributed by atoms with van der Waals surface area (Å²) >= 11 is 0. The van der Waals surface area contributed by atoms with Crippen LogP contribution in [0.4, 0.5) is 0 Å². The summed E-state index contributed by atoms with van der Waals surface area (Å²) in [6, 6.07) is 0. The van der Waals surface area contributed by atoms with E-state index in [1.54, 1.807) is 12.2 Å². The Morgan fingerprint density at radius 3 is 1.60 bits per heavy atom. The van der Waals surface area contributed by atoms with Crippen LogP contribution in [0.1, 0.15) is 13.8 Å². The number of rotatable bonds is 10. The highest BCUT2D eigenvalue weighted by atomic mass is 17.2. The topological polar surface area (TPSA) is 46.2 Å². The van der Waals surface area contributed by atoms with Crippen LogP contribution < -0.4 is 0 Å². The summed E-state index contributed by atoms with van der Waals surface area (Å²) in [7, 11) is 0. The lowest BCUT2D eigenvalue weighted by molar-refractivity contribution is -0.266. The summed E-state index contributed by atoms with van der Waals surface area (Å²) in [5.41, 5.74) is 0. The van der Waals surface area contributed by atoms with Crippen molar-refractivity contribution >= 4 is 0 Å². The molecule has 0 aliphatic heterocycles. The predicted molar refractivity (Wildman–Crippen MR) is 54.5 cm³/mol. The summed E-state index contributed by atoms with van der Waals surface area (Å²) in [5, 5.41) is 0. The third-order valence-corrected chi connectivity index (χ3v) is 1.14. The molecule has 0 unspecified atom stereocenters. The maximum atomic E-state index is 5.14. The first kappa shape index (κ1) is 14.0. The molecule has 0 amide bonds. The Morgan fingerprint density at radius 1 is 0.733 bits per heavy atom. The lowest BCUT2D eigenvalue weighted by atomic mass is 10.7. The van der Waals surface area contributed by atoms with E-state index in [4.69, 9.17) is 14.5 Å². The molecule has 0 radical (unpaired) electrons. The van der Waals surface area contributed by atoms with Gasteiger partial charge in [-0.1, -0.05) is 0 Å². The Bertz CT molecular complexity index is 149. The lowest BCUT2D eigenvalue weighted by Gasteiger charge is -2.03. The van der Waals surface area contributed by atoms with Gasteiger partial charge in [0, 0.05) is 0 Å². The highest BCUT2D eigenvalue weighted by molar-refractivity contribution is 4.62. The van der Waals surface area contributed by atoms with Crippen molar-refractivity contribution in [3.05, 3.63) is 24.7 Å². The molecule has 0 aromatic heterocycles. The summed E-state index contributed by atoms with van der Waals surface area (Å²) in [6.07, 6.45) is 6.36. The van der Waals surface area contributed by atoms with E-state index in [0.717, 1.165) is 0 Å². The van der Waals surface area contributed by atoms with E-state index >= 15 is 0 Å². The molecule has 15 heavy (non-hydrogen) atoms. The summed E-state index contributed by atoms with van der Waals surface area (Å²) < 4.78 is 5.14. The minimum absolute atomic E-state index is 0.375. The Morgan fingerprint density at radius 2 is 1.20 bits per heavy atom. The first-order chi connectivity index (χ1) is 7.41. The largest absolute Gasteiger partial charge is 0.376 e. The molecule has 5 heteroatoms. The summed E-state index contributed by atoms with van der Waals surface area (Å²) in [6.45, 7) is 5.32. The third-order valence-electron chi connectivity index (χ3n) is 1.14. The SMILES string of the molecule is CC=COOCCOCCOOC=CC. The maximum absolute atomic E-state index is 5.14. The molecule has 0 aliphatic rings. The second-order valence-electron chi connectivity index (χ2n) is 2.39. The molecule has 0 aliphatic carbocycles. The monoisotopic (exact) mass is 218 g/mol. The normalized spacial score (nSPS) is 11.3. The summed E-state index contributed by atoms with van der Waals surface area (Å²) in [4.78, 5) is 18.7. The second kappa shape index (κ2) is 13.0. The van der Waals surface area contributed by atoms with Gasteiger partial charge in [-0.15, -0.1) is 0 Å². The fourth-order valence-electron chi connectivity index (χ4n) is 0.574. The van der Waals surface area contributed by atoms with E-state index in [-0.39, 0.29) is 0 Å². The molecule has 0 rings (SSSR count). The zero-order chi connectivity index (χ0) is 11.2. The van der Waals surface area contributed by atoms with Gasteiger partial charge in [0.15, 0.2) is 0 Å². The number of hydrogen-bond donors (Lipinski definition) is 0. The second-order valence-corrected chi connectivity index (χ2v) is 2.39. The molecule has 0 aromatic carbocycles. The molecule has 0 atom stereocenters. The van der Waals surface area contributed by atoms with Gasteiger partial charge in [0.2, 0.25) is 0 Å². The molecule has 0 N–H and O–H groups in total. The fourth-order valence-corrected chi connectivity index (χ4v) is 0.574. The van der Waals surface area contributed by atoms with Gasteiger partial charge in [-0.25, -0.2) is 0 Å². The van der Waals surface area contributed by atoms with Crippen molar-refractivity contribution in [2.24, 2.45) is 0 Å². The molecule has 0 saturated heterocycles. The van der Waals surface area contributed by atoms with E-state index in [2.05, 4.69) is 9.78 Å². The van der Waals surface area contributed by atoms with Crippen molar-refractivity contribution in [2.75, 3.05) is 26.4 Å². The van der Waals surface area contributed by atoms with Gasteiger partial charge < -0.3 is 14.5 Å². The quantitative estimate of drug-likeness (QED) is 0.243. The molecule has 88 valence electrons. The molecule has 0 fully saturated rings. The van der Waals surface area contributed by atoms with Crippen LogP contribution in [0.3, 0.4) is 0 Å². The van der Waals surface area contributed by atoms with Gasteiger partial charge in [-0.3, -0.25) is 0 Å². The van der Waals surface area contributed by atoms with Crippen LogP contribution in [0.2, 0.25) is 0 Å². The van der Waals surface area contributed by atoms with Gasteiger partial charge in [0.25, 0.3) is 0 Å². The Hall–Kier alpha value is -1.04. The van der Waals surface area contributed by atoms with Crippen LogP contribution in [-0.4, -0.2) is 26.4 Å². The average Bonchev–Trinajstić information content (AvgIpc) is 2.26. The lowest BCUT2D eigenvalue weighted by Crippen LogP contribution is -2.08. The number of ether oxygens (including phenoxy) is 1. The van der Waals surface area contributed by atoms with E-state index in [1.165, 1.54) is 12.5 Å². The van der Waals surface area contributed by atoms with Crippen LogP contribution in [0.25, 0.3) is 0 Å². The van der Waals surface area contributed by atoms with E-state index < -0.39 is 0 Å². The smallest absolute Gasteiger partial charge is 0.125 e. The molecule has 0 bridgehead atoms. The van der Waals surface area contributed by atoms with Crippen LogP contribution >= 0.6 is 0 Å². The highest BCUT2D eigenvalue weighted by Gasteiger charge is 1.90. The van der Waals surface area contributed by atoms with Crippen LogP contribution in [-0.2, 0) is 24.3 Å². The molecule has 0 saturated carbocycles. The van der Waals surface area contributed by atoms with Crippen molar-refractivity contribution in [3.63, 3.8) is 0 Å². The Balaban J connectivity index is 2.92. The maximum Gasteiger partial charge on any atom is 0.125 e. The first-order valence-electron chi connectivity index (χ1n) is 4.78. The van der Waals surface area contributed by atoms with Crippen LogP contribution in [0.15, 0.2) is 24.7 Å². The van der Waals surface area contributed by atoms with Crippen molar-refractivity contribution in [3.8, 4) is 0 Å². The van der Waals surface area contributed by atoms with Crippen molar-refractivity contribution < 1.29 is 24.3 Å². The van der Waals surface area contributed by atoms with Gasteiger partial charge in [0.05, 0.1) is 13.2 Å². The van der Waals surface area contributed by atoms with Crippen LogP contribution in [0, 0.1) is 0 Å². The third kappa shape index (κ3) is 13.0. The van der Waals surface area contributed by atoms with E-state index in [9.17, 15) is 0 Å². The minimum atomic E-state index is 0.375. The van der Waals surface area contributed by atoms with Crippen LogP contribution in [0.5, 0.6) is 0 Å². The van der Waals surface area contributed by atoms with E-state index in [0.29, 0.717) is 26.4 Å². The fraction of sp³-hybridized carbons (Fsp3) is 0.600. The standard InChI is InChI=1S/C10H18O5/c1-3-5-12-14-9-7-11-8-10-15-13-6-4-2/h3-6H,7-10H2,1-2H3. The summed E-state index contributed by atoms with van der Waals surface area (Å²) in [5.74, 6) is 0. The minimum Gasteiger partial charge on any atom is -0.376 e.